The van der Waals surface area contributed by atoms with E-state index in [-0.39, 0.29) is 11.7 Å². The molecule has 184 valence electrons. The highest BCUT2D eigenvalue weighted by Crippen LogP contribution is 2.34. The monoisotopic (exact) mass is 685 g/mol. The van der Waals surface area contributed by atoms with Gasteiger partial charge in [-0.3, -0.25) is 25.8 Å². The van der Waals surface area contributed by atoms with E-state index in [1.54, 1.807) is 24.3 Å². The van der Waals surface area contributed by atoms with Gasteiger partial charge in [0.15, 0.2) is 11.7 Å². The van der Waals surface area contributed by atoms with Crippen molar-refractivity contribution >= 4 is 87.7 Å². The van der Waals surface area contributed by atoms with Crippen LogP contribution in [0, 0.1) is 0 Å². The van der Waals surface area contributed by atoms with E-state index in [1.165, 1.54) is 0 Å². The summed E-state index contributed by atoms with van der Waals surface area (Å²) < 4.78 is 13.7. The molecule has 0 aliphatic carbocycles. The molecular formula is C24H22Br3N3O4S. The van der Waals surface area contributed by atoms with Crippen LogP contribution in [0.2, 0.25) is 0 Å². The van der Waals surface area contributed by atoms with Gasteiger partial charge in [0, 0.05) is 10.0 Å². The van der Waals surface area contributed by atoms with Crippen LogP contribution in [0.4, 0.5) is 0 Å². The van der Waals surface area contributed by atoms with Crippen LogP contribution < -0.4 is 25.6 Å². The Hall–Kier alpha value is -2.21. The van der Waals surface area contributed by atoms with Crippen molar-refractivity contribution in [3.63, 3.8) is 0 Å². The molecule has 0 atom stereocenters. The molecule has 0 spiro atoms. The minimum Gasteiger partial charge on any atom is -0.492 e. The summed E-state index contributed by atoms with van der Waals surface area (Å²) in [5.41, 5.74) is 5.28. The number of ether oxygens (including phenoxy) is 2. The summed E-state index contributed by atoms with van der Waals surface area (Å²) in [5, 5.41) is 4.44. The van der Waals surface area contributed by atoms with Gasteiger partial charge in [-0.1, -0.05) is 41.4 Å². The van der Waals surface area contributed by atoms with Crippen LogP contribution in [0.25, 0.3) is 10.8 Å². The fourth-order valence-electron chi connectivity index (χ4n) is 2.95. The molecule has 3 rings (SSSR count). The number of carbonyl (C=O) groups excluding carboxylic acids is 2. The maximum atomic E-state index is 12.5. The van der Waals surface area contributed by atoms with Crippen LogP contribution in [-0.4, -0.2) is 30.1 Å². The Morgan fingerprint density at radius 2 is 1.71 bits per heavy atom. The van der Waals surface area contributed by atoms with E-state index in [0.29, 0.717) is 28.1 Å². The van der Waals surface area contributed by atoms with Gasteiger partial charge >= 0.3 is 0 Å². The lowest BCUT2D eigenvalue weighted by Gasteiger charge is -2.13. The third kappa shape index (κ3) is 7.89. The van der Waals surface area contributed by atoms with E-state index in [0.717, 1.165) is 32.6 Å². The highest BCUT2D eigenvalue weighted by Gasteiger charge is 2.13. The van der Waals surface area contributed by atoms with Crippen LogP contribution in [0.1, 0.15) is 30.1 Å². The molecule has 0 fully saturated rings. The topological polar surface area (TPSA) is 88.7 Å². The first-order valence-electron chi connectivity index (χ1n) is 10.6. The second kappa shape index (κ2) is 13.2. The number of hydrazine groups is 1. The zero-order valence-corrected chi connectivity index (χ0v) is 24.2. The number of hydrogen-bond acceptors (Lipinski definition) is 5. The number of rotatable bonds is 8. The van der Waals surface area contributed by atoms with Crippen molar-refractivity contribution in [1.82, 2.24) is 16.2 Å². The maximum Gasteiger partial charge on any atom is 0.276 e. The van der Waals surface area contributed by atoms with E-state index in [2.05, 4.69) is 70.9 Å². The zero-order valence-electron chi connectivity index (χ0n) is 18.6. The van der Waals surface area contributed by atoms with Crippen molar-refractivity contribution in [3.05, 3.63) is 67.5 Å². The average molecular weight is 688 g/mol. The molecule has 0 radical (unpaired) electrons. The third-order valence-corrected chi connectivity index (χ3v) is 6.87. The van der Waals surface area contributed by atoms with E-state index in [1.807, 2.05) is 24.3 Å². The minimum atomic E-state index is -0.472. The molecule has 11 heteroatoms. The summed E-state index contributed by atoms with van der Waals surface area (Å²) in [6.07, 6.45) is 1.98. The van der Waals surface area contributed by atoms with Crippen molar-refractivity contribution in [2.75, 3.05) is 13.2 Å². The van der Waals surface area contributed by atoms with Crippen LogP contribution >= 0.6 is 60.0 Å². The second-order valence-corrected chi connectivity index (χ2v) is 10.3. The van der Waals surface area contributed by atoms with Crippen LogP contribution in [0.3, 0.4) is 0 Å². The molecule has 2 amide bonds. The number of nitrogens with one attached hydrogen (secondary N) is 3. The Kier molecular flexibility index (Phi) is 10.3. The zero-order chi connectivity index (χ0) is 25.4. The number of hydrogen-bond donors (Lipinski definition) is 3. The summed E-state index contributed by atoms with van der Waals surface area (Å²) in [6, 6.07) is 14.5. The van der Waals surface area contributed by atoms with Gasteiger partial charge in [0.05, 0.1) is 15.6 Å². The van der Waals surface area contributed by atoms with Gasteiger partial charge in [0.25, 0.3) is 11.8 Å². The fourth-order valence-corrected chi connectivity index (χ4v) is 4.58. The lowest BCUT2D eigenvalue weighted by molar-refractivity contribution is -0.123. The van der Waals surface area contributed by atoms with Crippen molar-refractivity contribution < 1.29 is 19.1 Å². The quantitative estimate of drug-likeness (QED) is 0.153. The van der Waals surface area contributed by atoms with Crippen molar-refractivity contribution in [1.29, 1.82) is 0 Å². The van der Waals surface area contributed by atoms with Crippen LogP contribution in [0.5, 0.6) is 11.5 Å². The predicted octanol–water partition coefficient (Wildman–Crippen LogP) is 6.02. The van der Waals surface area contributed by atoms with Gasteiger partial charge in [-0.25, -0.2) is 0 Å². The standard InChI is InChI=1S/C24H22Br3N3O4S/c1-2-3-10-33-19-8-5-15(12-18(19)26)23(32)28-24(35)30-29-21(31)13-34-20-9-4-14-11-16(25)6-7-17(14)22(20)27/h4-9,11-12H,2-3,10,13H2,1H3,(H,29,31)(H2,28,30,32,35). The Bertz CT molecular complexity index is 1260. The minimum absolute atomic E-state index is 0.0554. The summed E-state index contributed by atoms with van der Waals surface area (Å²) in [7, 11) is 0. The lowest BCUT2D eigenvalue weighted by Crippen LogP contribution is -2.49. The van der Waals surface area contributed by atoms with E-state index < -0.39 is 11.8 Å². The number of halogens is 3. The Morgan fingerprint density at radius 1 is 0.943 bits per heavy atom. The first-order chi connectivity index (χ1) is 16.8. The fraction of sp³-hybridized carbons (Fsp3) is 0.208. The Labute approximate surface area is 233 Å². The SMILES string of the molecule is CCCCOc1ccc(C(=O)NC(=S)NNC(=O)COc2ccc3cc(Br)ccc3c2Br)cc1Br. The Balaban J connectivity index is 1.46. The van der Waals surface area contributed by atoms with E-state index in [4.69, 9.17) is 21.7 Å². The lowest BCUT2D eigenvalue weighted by atomic mass is 10.1. The number of unbranched alkanes of at least 4 members (excludes halogenated alkanes) is 1. The molecule has 0 saturated heterocycles. The maximum absolute atomic E-state index is 12.5. The average Bonchev–Trinajstić information content (AvgIpc) is 2.83. The smallest absolute Gasteiger partial charge is 0.276 e. The molecular weight excluding hydrogens is 666 g/mol. The molecule has 3 N–H and O–H groups in total. The van der Waals surface area contributed by atoms with Gasteiger partial charge < -0.3 is 9.47 Å². The normalized spacial score (nSPS) is 10.5. The first-order valence-corrected chi connectivity index (χ1v) is 13.4. The first kappa shape index (κ1) is 27.4. The van der Waals surface area contributed by atoms with E-state index in [9.17, 15) is 9.59 Å². The molecule has 0 bridgehead atoms. The number of fused-ring (bicyclic) bond motifs is 1. The molecule has 0 aliphatic heterocycles. The molecule has 0 heterocycles. The van der Waals surface area contributed by atoms with Crippen molar-refractivity contribution in [3.8, 4) is 11.5 Å². The van der Waals surface area contributed by atoms with Crippen LogP contribution in [-0.2, 0) is 4.79 Å². The second-order valence-electron chi connectivity index (χ2n) is 7.34. The molecule has 3 aromatic carbocycles. The van der Waals surface area contributed by atoms with Gasteiger partial charge in [-0.2, -0.15) is 0 Å². The van der Waals surface area contributed by atoms with Gasteiger partial charge in [0.2, 0.25) is 0 Å². The molecule has 0 aromatic heterocycles. The molecule has 35 heavy (non-hydrogen) atoms. The molecule has 3 aromatic rings. The van der Waals surface area contributed by atoms with Crippen molar-refractivity contribution in [2.24, 2.45) is 0 Å². The van der Waals surface area contributed by atoms with Gasteiger partial charge in [-0.05, 0) is 97.7 Å². The largest absolute Gasteiger partial charge is 0.492 e. The summed E-state index contributed by atoms with van der Waals surface area (Å²) >= 11 is 15.5. The van der Waals surface area contributed by atoms with Gasteiger partial charge in [-0.15, -0.1) is 0 Å². The predicted molar refractivity (Wildman–Crippen MR) is 151 cm³/mol. The summed E-state index contributed by atoms with van der Waals surface area (Å²) in [6.45, 7) is 2.44. The van der Waals surface area contributed by atoms with E-state index >= 15 is 0 Å². The number of carbonyl (C=O) groups is 2. The number of amides is 2. The molecule has 0 unspecified atom stereocenters. The highest BCUT2D eigenvalue weighted by atomic mass is 79.9. The number of benzene rings is 3. The highest BCUT2D eigenvalue weighted by molar-refractivity contribution is 9.11. The Morgan fingerprint density at radius 3 is 2.46 bits per heavy atom. The number of thiocarbonyl (C=S) groups is 1. The molecule has 0 saturated carbocycles. The summed E-state index contributed by atoms with van der Waals surface area (Å²) in [5.74, 6) is 0.286. The molecule has 0 aliphatic rings. The third-order valence-electron chi connectivity index (χ3n) is 4.73. The van der Waals surface area contributed by atoms with Gasteiger partial charge in [0.1, 0.15) is 11.5 Å². The summed E-state index contributed by atoms with van der Waals surface area (Å²) in [4.78, 5) is 24.6. The van der Waals surface area contributed by atoms with Crippen LogP contribution in [0.15, 0.2) is 61.9 Å². The van der Waals surface area contributed by atoms with Crippen molar-refractivity contribution in [2.45, 2.75) is 19.8 Å². The molecule has 7 nitrogen and oxygen atoms in total.